The molecule has 6 heteroatoms. The minimum atomic E-state index is -3.89. The van der Waals surface area contributed by atoms with Gasteiger partial charge in [-0.3, -0.25) is 4.79 Å². The summed E-state index contributed by atoms with van der Waals surface area (Å²) < 4.78 is 42.2. The molecule has 3 rings (SSSR count). The van der Waals surface area contributed by atoms with E-state index in [1.165, 1.54) is 48.5 Å². The summed E-state index contributed by atoms with van der Waals surface area (Å²) in [5.41, 5.74) is 1.40. The molecule has 0 aromatic heterocycles. The van der Waals surface area contributed by atoms with Crippen LogP contribution in [0.4, 0.5) is 4.39 Å². The van der Waals surface area contributed by atoms with Crippen molar-refractivity contribution in [3.8, 4) is 5.75 Å². The number of carbonyl (C=O) groups is 1. The maximum Gasteiger partial charge on any atom is 0.313 e. The number of halogens is 1. The lowest BCUT2D eigenvalue weighted by atomic mass is 10.0. The highest BCUT2D eigenvalue weighted by atomic mass is 32.2. The molecule has 0 N–H and O–H groups in total. The second-order valence-corrected chi connectivity index (χ2v) is 7.20. The molecular formula is C20H15FO4S. The van der Waals surface area contributed by atoms with Crippen molar-refractivity contribution in [2.75, 3.05) is 0 Å². The number of hydrogen-bond donors (Lipinski definition) is 0. The first-order valence-electron chi connectivity index (χ1n) is 7.79. The van der Waals surface area contributed by atoms with Crippen LogP contribution in [-0.4, -0.2) is 14.2 Å². The first kappa shape index (κ1) is 17.8. The lowest BCUT2D eigenvalue weighted by Crippen LogP contribution is -2.12. The summed E-state index contributed by atoms with van der Waals surface area (Å²) in [7, 11) is -3.89. The molecule has 26 heavy (non-hydrogen) atoms. The van der Waals surface area contributed by atoms with E-state index in [4.69, 9.17) is 4.18 Å². The normalized spacial score (nSPS) is 11.1. The second-order valence-electron chi connectivity index (χ2n) is 5.63. The predicted molar refractivity (Wildman–Crippen MR) is 96.0 cm³/mol. The molecule has 132 valence electrons. The van der Waals surface area contributed by atoms with Crippen LogP contribution < -0.4 is 4.18 Å². The zero-order chi connectivity index (χ0) is 18.6. The number of ketones is 1. The van der Waals surface area contributed by atoms with Crippen molar-refractivity contribution in [2.24, 2.45) is 0 Å². The van der Waals surface area contributed by atoms with Gasteiger partial charge >= 0.3 is 10.1 Å². The summed E-state index contributed by atoms with van der Waals surface area (Å²) in [6.07, 6.45) is 0. The van der Waals surface area contributed by atoms with Crippen LogP contribution in [0.5, 0.6) is 5.75 Å². The van der Waals surface area contributed by atoms with Gasteiger partial charge in [0.1, 0.15) is 17.3 Å². The Morgan fingerprint density at radius 3 is 2.00 bits per heavy atom. The number of rotatable bonds is 6. The van der Waals surface area contributed by atoms with Crippen LogP contribution in [0, 0.1) is 5.82 Å². The zero-order valence-corrected chi connectivity index (χ0v) is 14.4. The van der Waals surface area contributed by atoms with E-state index in [1.807, 2.05) is 6.07 Å². The van der Waals surface area contributed by atoms with Gasteiger partial charge in [0.05, 0.1) is 0 Å². The van der Waals surface area contributed by atoms with Gasteiger partial charge in [-0.15, -0.1) is 0 Å². The Bertz CT molecular complexity index is 996. The Hall–Kier alpha value is -2.99. The molecule has 0 amide bonds. The van der Waals surface area contributed by atoms with Crippen LogP contribution in [0.1, 0.15) is 21.5 Å². The molecule has 3 aromatic carbocycles. The Labute approximate surface area is 151 Å². The molecular weight excluding hydrogens is 355 g/mol. The van der Waals surface area contributed by atoms with E-state index in [9.17, 15) is 17.6 Å². The molecule has 0 heterocycles. The quantitative estimate of drug-likeness (QED) is 0.487. The van der Waals surface area contributed by atoms with Crippen molar-refractivity contribution in [1.82, 2.24) is 0 Å². The maximum atomic E-state index is 12.9. The molecule has 0 saturated heterocycles. The Morgan fingerprint density at radius 1 is 0.808 bits per heavy atom. The third-order valence-corrected chi connectivity index (χ3v) is 4.77. The van der Waals surface area contributed by atoms with Gasteiger partial charge in [0.25, 0.3) is 0 Å². The van der Waals surface area contributed by atoms with E-state index in [0.29, 0.717) is 16.7 Å². The van der Waals surface area contributed by atoms with Crippen molar-refractivity contribution in [3.05, 3.63) is 101 Å². The van der Waals surface area contributed by atoms with Gasteiger partial charge in [0.2, 0.25) is 0 Å². The topological polar surface area (TPSA) is 60.4 Å². The summed E-state index contributed by atoms with van der Waals surface area (Å²) >= 11 is 0. The highest BCUT2D eigenvalue weighted by Crippen LogP contribution is 2.19. The molecule has 4 nitrogen and oxygen atoms in total. The van der Waals surface area contributed by atoms with E-state index in [2.05, 4.69) is 0 Å². The van der Waals surface area contributed by atoms with Crippen molar-refractivity contribution in [2.45, 2.75) is 5.75 Å². The van der Waals surface area contributed by atoms with E-state index >= 15 is 0 Å². The Morgan fingerprint density at radius 2 is 1.38 bits per heavy atom. The Kier molecular flexibility index (Phi) is 5.14. The molecule has 0 aliphatic rings. The predicted octanol–water partition coefficient (Wildman–Crippen LogP) is 3.97. The van der Waals surface area contributed by atoms with Gasteiger partial charge in [-0.1, -0.05) is 42.5 Å². The lowest BCUT2D eigenvalue weighted by Gasteiger charge is -2.08. The SMILES string of the molecule is O=C(c1ccccc1)c1ccc(OS(=O)(=O)Cc2ccc(F)cc2)cc1. The van der Waals surface area contributed by atoms with Gasteiger partial charge < -0.3 is 4.18 Å². The van der Waals surface area contributed by atoms with Crippen LogP contribution in [0.2, 0.25) is 0 Å². The molecule has 0 aliphatic carbocycles. The van der Waals surface area contributed by atoms with E-state index in [1.54, 1.807) is 24.3 Å². The average molecular weight is 370 g/mol. The van der Waals surface area contributed by atoms with Crippen LogP contribution in [0.15, 0.2) is 78.9 Å². The fourth-order valence-electron chi connectivity index (χ4n) is 2.38. The van der Waals surface area contributed by atoms with Crippen LogP contribution in [-0.2, 0) is 15.9 Å². The maximum absolute atomic E-state index is 12.9. The summed E-state index contributed by atoms with van der Waals surface area (Å²) in [5, 5.41) is 0. The first-order chi connectivity index (χ1) is 12.4. The molecule has 0 saturated carbocycles. The number of carbonyl (C=O) groups excluding carboxylic acids is 1. The third kappa shape index (κ3) is 4.55. The highest BCUT2D eigenvalue weighted by Gasteiger charge is 2.15. The Balaban J connectivity index is 1.70. The van der Waals surface area contributed by atoms with Gasteiger partial charge in [-0.25, -0.2) is 4.39 Å². The summed E-state index contributed by atoms with van der Waals surface area (Å²) in [5.74, 6) is -0.869. The minimum absolute atomic E-state index is 0.108. The second kappa shape index (κ2) is 7.49. The zero-order valence-electron chi connectivity index (χ0n) is 13.6. The van der Waals surface area contributed by atoms with Crippen molar-refractivity contribution in [3.63, 3.8) is 0 Å². The highest BCUT2D eigenvalue weighted by molar-refractivity contribution is 7.86. The van der Waals surface area contributed by atoms with E-state index < -0.39 is 15.9 Å². The summed E-state index contributed by atoms with van der Waals surface area (Å²) in [6.45, 7) is 0. The standard InChI is InChI=1S/C20H15FO4S/c21-18-10-6-15(7-11-18)14-26(23,24)25-19-12-8-17(9-13-19)20(22)16-4-2-1-3-5-16/h1-13H,14H2. The third-order valence-electron chi connectivity index (χ3n) is 3.63. The monoisotopic (exact) mass is 370 g/mol. The van der Waals surface area contributed by atoms with Gasteiger partial charge in [-0.2, -0.15) is 8.42 Å². The molecule has 0 fully saturated rings. The van der Waals surface area contributed by atoms with Crippen LogP contribution >= 0.6 is 0 Å². The fourth-order valence-corrected chi connectivity index (χ4v) is 3.44. The molecule has 3 aromatic rings. The number of benzene rings is 3. The van der Waals surface area contributed by atoms with Crippen molar-refractivity contribution < 1.29 is 21.8 Å². The molecule has 0 aliphatic heterocycles. The fraction of sp³-hybridized carbons (Fsp3) is 0.0500. The largest absolute Gasteiger partial charge is 0.382 e. The van der Waals surface area contributed by atoms with Crippen molar-refractivity contribution >= 4 is 15.9 Å². The molecule has 0 bridgehead atoms. The van der Waals surface area contributed by atoms with Gasteiger partial charge in [-0.05, 0) is 42.0 Å². The molecule has 0 atom stereocenters. The van der Waals surface area contributed by atoms with Gasteiger partial charge in [0, 0.05) is 11.1 Å². The first-order valence-corrected chi connectivity index (χ1v) is 9.37. The molecule has 0 spiro atoms. The number of hydrogen-bond acceptors (Lipinski definition) is 4. The minimum Gasteiger partial charge on any atom is -0.382 e. The van der Waals surface area contributed by atoms with Gasteiger partial charge in [0.15, 0.2) is 5.78 Å². The van der Waals surface area contributed by atoms with Crippen LogP contribution in [0.3, 0.4) is 0 Å². The summed E-state index contributed by atoms with van der Waals surface area (Å²) in [4.78, 5) is 12.3. The van der Waals surface area contributed by atoms with Crippen LogP contribution in [0.25, 0.3) is 0 Å². The average Bonchev–Trinajstić information content (AvgIpc) is 2.64. The van der Waals surface area contributed by atoms with E-state index in [0.717, 1.165) is 0 Å². The molecule has 0 radical (unpaired) electrons. The summed E-state index contributed by atoms with van der Waals surface area (Å²) in [6, 6.07) is 19.8. The van der Waals surface area contributed by atoms with E-state index in [-0.39, 0.29) is 17.3 Å². The van der Waals surface area contributed by atoms with Crippen molar-refractivity contribution in [1.29, 1.82) is 0 Å². The lowest BCUT2D eigenvalue weighted by molar-refractivity contribution is 0.103. The molecule has 0 unspecified atom stereocenters. The smallest absolute Gasteiger partial charge is 0.313 e.